The molecule has 0 aliphatic carbocycles. The lowest BCUT2D eigenvalue weighted by Gasteiger charge is -2.11. The van der Waals surface area contributed by atoms with Crippen LogP contribution in [0.25, 0.3) is 0 Å². The molecular formula is C21H20F2N4O3S. The van der Waals surface area contributed by atoms with Crippen LogP contribution in [-0.4, -0.2) is 25.9 Å². The van der Waals surface area contributed by atoms with Gasteiger partial charge in [0.25, 0.3) is 10.0 Å². The number of aromatic nitrogens is 1. The molecule has 0 saturated heterocycles. The molecule has 3 aromatic rings. The molecule has 0 aliphatic heterocycles. The molecule has 31 heavy (non-hydrogen) atoms. The van der Waals surface area contributed by atoms with Gasteiger partial charge in [-0.1, -0.05) is 25.1 Å². The first kappa shape index (κ1) is 22.2. The summed E-state index contributed by atoms with van der Waals surface area (Å²) in [6, 6.07) is 12.8. The van der Waals surface area contributed by atoms with Gasteiger partial charge in [-0.25, -0.2) is 22.2 Å². The zero-order valence-electron chi connectivity index (χ0n) is 16.5. The Bertz CT molecular complexity index is 1190. The van der Waals surface area contributed by atoms with Crippen LogP contribution < -0.4 is 15.4 Å². The van der Waals surface area contributed by atoms with Gasteiger partial charge in [0, 0.05) is 18.0 Å². The van der Waals surface area contributed by atoms with E-state index in [1.165, 1.54) is 12.1 Å². The fourth-order valence-corrected chi connectivity index (χ4v) is 3.73. The molecule has 1 amide bonds. The second-order valence-electron chi connectivity index (χ2n) is 6.53. The summed E-state index contributed by atoms with van der Waals surface area (Å²) in [5.74, 6) is -2.23. The molecule has 162 valence electrons. The lowest BCUT2D eigenvalue weighted by atomic mass is 10.1. The van der Waals surface area contributed by atoms with E-state index in [-0.39, 0.29) is 23.0 Å². The van der Waals surface area contributed by atoms with Crippen molar-refractivity contribution in [2.75, 3.05) is 21.9 Å². The number of carbonyl (C=O) groups is 1. The van der Waals surface area contributed by atoms with Gasteiger partial charge in [-0.2, -0.15) is 0 Å². The highest BCUT2D eigenvalue weighted by molar-refractivity contribution is 7.92. The van der Waals surface area contributed by atoms with Gasteiger partial charge in [-0.3, -0.25) is 9.52 Å². The topological polar surface area (TPSA) is 100 Å². The van der Waals surface area contributed by atoms with Crippen molar-refractivity contribution < 1.29 is 22.0 Å². The first-order valence-corrected chi connectivity index (χ1v) is 10.8. The van der Waals surface area contributed by atoms with Crippen molar-refractivity contribution in [1.82, 2.24) is 4.98 Å². The van der Waals surface area contributed by atoms with Crippen LogP contribution in [0.1, 0.15) is 12.5 Å². The van der Waals surface area contributed by atoms with E-state index in [0.717, 1.165) is 42.1 Å². The number of sulfonamides is 1. The molecule has 0 fully saturated rings. The third-order valence-corrected chi connectivity index (χ3v) is 5.69. The van der Waals surface area contributed by atoms with E-state index in [0.29, 0.717) is 5.82 Å². The molecule has 0 saturated carbocycles. The van der Waals surface area contributed by atoms with E-state index >= 15 is 0 Å². The number of aryl methyl sites for hydroxylation is 1. The number of amides is 1. The van der Waals surface area contributed by atoms with Crippen molar-refractivity contribution >= 4 is 33.1 Å². The molecule has 1 aromatic heterocycles. The van der Waals surface area contributed by atoms with Gasteiger partial charge in [-0.05, 0) is 42.3 Å². The molecule has 0 unspecified atom stereocenters. The Morgan fingerprint density at radius 2 is 1.81 bits per heavy atom. The van der Waals surface area contributed by atoms with E-state index in [1.807, 2.05) is 31.2 Å². The fraction of sp³-hybridized carbons (Fsp3) is 0.143. The summed E-state index contributed by atoms with van der Waals surface area (Å²) < 4.78 is 53.2. The molecule has 0 aliphatic rings. The Morgan fingerprint density at radius 3 is 2.48 bits per heavy atom. The van der Waals surface area contributed by atoms with Gasteiger partial charge in [0.05, 0.1) is 12.2 Å². The molecule has 0 spiro atoms. The maximum absolute atomic E-state index is 13.3. The van der Waals surface area contributed by atoms with Crippen molar-refractivity contribution in [1.29, 1.82) is 0 Å². The first-order valence-electron chi connectivity index (χ1n) is 9.34. The van der Waals surface area contributed by atoms with Crippen LogP contribution in [0.3, 0.4) is 0 Å². The quantitative estimate of drug-likeness (QED) is 0.489. The number of benzene rings is 2. The van der Waals surface area contributed by atoms with E-state index < -0.39 is 21.7 Å². The Kier molecular flexibility index (Phi) is 6.81. The van der Waals surface area contributed by atoms with Crippen LogP contribution >= 0.6 is 0 Å². The average molecular weight is 446 g/mol. The van der Waals surface area contributed by atoms with Crippen LogP contribution in [0.15, 0.2) is 65.7 Å². The minimum atomic E-state index is -4.05. The summed E-state index contributed by atoms with van der Waals surface area (Å²) in [4.78, 5) is 16.0. The van der Waals surface area contributed by atoms with Crippen molar-refractivity contribution in [3.63, 3.8) is 0 Å². The van der Waals surface area contributed by atoms with Gasteiger partial charge < -0.3 is 10.6 Å². The van der Waals surface area contributed by atoms with Crippen molar-refractivity contribution in [3.8, 4) is 0 Å². The number of anilines is 3. The number of pyridine rings is 1. The molecule has 7 nitrogen and oxygen atoms in total. The normalized spacial score (nSPS) is 11.1. The summed E-state index contributed by atoms with van der Waals surface area (Å²) >= 11 is 0. The maximum atomic E-state index is 13.3. The standard InChI is InChI=1S/C21H20F2N4O3S/c1-2-14-5-3-4-6-19(14)26-21(28)13-25-20-10-8-16(12-24-20)31(29,30)27-15-7-9-17(22)18(23)11-15/h3-12,27H,2,13H2,1H3,(H,24,25)(H,26,28). The second-order valence-corrected chi connectivity index (χ2v) is 8.21. The Labute approximate surface area is 178 Å². The number of hydrogen-bond acceptors (Lipinski definition) is 5. The highest BCUT2D eigenvalue weighted by Gasteiger charge is 2.16. The van der Waals surface area contributed by atoms with Gasteiger partial charge in [0.1, 0.15) is 10.7 Å². The summed E-state index contributed by atoms with van der Waals surface area (Å²) in [6.45, 7) is 1.93. The van der Waals surface area contributed by atoms with E-state index in [9.17, 15) is 22.0 Å². The number of nitrogens with one attached hydrogen (secondary N) is 3. The van der Waals surface area contributed by atoms with Gasteiger partial charge >= 0.3 is 0 Å². The molecule has 0 bridgehead atoms. The molecule has 3 rings (SSSR count). The number of carbonyl (C=O) groups excluding carboxylic acids is 1. The maximum Gasteiger partial charge on any atom is 0.263 e. The van der Waals surface area contributed by atoms with Gasteiger partial charge in [0.2, 0.25) is 5.91 Å². The minimum absolute atomic E-state index is 0.0652. The number of nitrogens with zero attached hydrogens (tertiary/aromatic N) is 1. The monoisotopic (exact) mass is 446 g/mol. The number of hydrogen-bond donors (Lipinski definition) is 3. The predicted octanol–water partition coefficient (Wildman–Crippen LogP) is 3.77. The zero-order chi connectivity index (χ0) is 22.4. The van der Waals surface area contributed by atoms with Gasteiger partial charge in [0.15, 0.2) is 11.6 Å². The van der Waals surface area contributed by atoms with Crippen molar-refractivity contribution in [2.45, 2.75) is 18.2 Å². The molecule has 2 aromatic carbocycles. The van der Waals surface area contributed by atoms with E-state index in [1.54, 1.807) is 0 Å². The molecule has 3 N–H and O–H groups in total. The van der Waals surface area contributed by atoms with Crippen LogP contribution in [0.5, 0.6) is 0 Å². The smallest absolute Gasteiger partial charge is 0.263 e. The fourth-order valence-electron chi connectivity index (χ4n) is 2.73. The third kappa shape index (κ3) is 5.76. The predicted molar refractivity (Wildman–Crippen MR) is 114 cm³/mol. The Balaban J connectivity index is 1.60. The third-order valence-electron chi connectivity index (χ3n) is 4.32. The summed E-state index contributed by atoms with van der Waals surface area (Å²) in [7, 11) is -4.05. The molecule has 0 radical (unpaired) electrons. The lowest BCUT2D eigenvalue weighted by molar-refractivity contribution is -0.114. The highest BCUT2D eigenvalue weighted by atomic mass is 32.2. The number of halogens is 2. The Morgan fingerprint density at radius 1 is 1.03 bits per heavy atom. The highest BCUT2D eigenvalue weighted by Crippen LogP contribution is 2.19. The van der Waals surface area contributed by atoms with Crippen LogP contribution in [0.4, 0.5) is 26.0 Å². The van der Waals surface area contributed by atoms with Crippen LogP contribution in [0, 0.1) is 11.6 Å². The largest absolute Gasteiger partial charge is 0.361 e. The number of para-hydroxylation sites is 1. The van der Waals surface area contributed by atoms with E-state index in [2.05, 4.69) is 20.3 Å². The van der Waals surface area contributed by atoms with Gasteiger partial charge in [-0.15, -0.1) is 0 Å². The van der Waals surface area contributed by atoms with Crippen molar-refractivity contribution in [3.05, 3.63) is 78.0 Å². The summed E-state index contributed by atoms with van der Waals surface area (Å²) in [6.07, 6.45) is 1.87. The summed E-state index contributed by atoms with van der Waals surface area (Å²) in [5.41, 5.74) is 1.62. The summed E-state index contributed by atoms with van der Waals surface area (Å²) in [5, 5.41) is 5.63. The molecular weight excluding hydrogens is 426 g/mol. The van der Waals surface area contributed by atoms with E-state index in [4.69, 9.17) is 0 Å². The SMILES string of the molecule is CCc1ccccc1NC(=O)CNc1ccc(S(=O)(=O)Nc2ccc(F)c(F)c2)cn1. The number of rotatable bonds is 8. The molecule has 10 heteroatoms. The first-order chi connectivity index (χ1) is 14.8. The molecule has 1 heterocycles. The second kappa shape index (κ2) is 9.52. The minimum Gasteiger partial charge on any atom is -0.361 e. The lowest BCUT2D eigenvalue weighted by Crippen LogP contribution is -2.22. The van der Waals surface area contributed by atoms with Crippen molar-refractivity contribution in [2.24, 2.45) is 0 Å². The molecule has 0 atom stereocenters. The van der Waals surface area contributed by atoms with Crippen LogP contribution in [-0.2, 0) is 21.2 Å². The van der Waals surface area contributed by atoms with Crippen LogP contribution in [0.2, 0.25) is 0 Å². The Hall–Kier alpha value is -3.53. The zero-order valence-corrected chi connectivity index (χ0v) is 17.3. The average Bonchev–Trinajstić information content (AvgIpc) is 2.75.